The normalized spacial score (nSPS) is 18.4. The first kappa shape index (κ1) is 16.5. The van der Waals surface area contributed by atoms with Crippen LogP contribution in [-0.2, 0) is 4.79 Å². The largest absolute Gasteiger partial charge is 0.480 e. The third-order valence-electron chi connectivity index (χ3n) is 2.93. The zero-order valence-corrected chi connectivity index (χ0v) is 13.7. The number of amides is 2. The monoisotopic (exact) mass is 368 g/mol. The second-order valence-electron chi connectivity index (χ2n) is 4.30. The fraction of sp³-hybridized carbons (Fsp3) is 0.333. The van der Waals surface area contributed by atoms with Crippen LogP contribution in [0.5, 0.6) is 0 Å². The van der Waals surface area contributed by atoms with Gasteiger partial charge in [0.05, 0.1) is 20.8 Å². The third kappa shape index (κ3) is 3.88. The van der Waals surface area contributed by atoms with Gasteiger partial charge in [0.1, 0.15) is 6.04 Å². The highest BCUT2D eigenvalue weighted by atomic mass is 35.5. The number of benzene rings is 1. The summed E-state index contributed by atoms with van der Waals surface area (Å²) in [5.41, 5.74) is 0.290. The van der Waals surface area contributed by atoms with Crippen molar-refractivity contribution in [2.75, 3.05) is 23.4 Å². The first-order valence-corrected chi connectivity index (χ1v) is 8.21. The van der Waals surface area contributed by atoms with Gasteiger partial charge in [-0.1, -0.05) is 34.8 Å². The number of thioether (sulfide) groups is 1. The van der Waals surface area contributed by atoms with Crippen molar-refractivity contribution in [2.24, 2.45) is 0 Å². The van der Waals surface area contributed by atoms with E-state index in [2.05, 4.69) is 5.32 Å². The summed E-state index contributed by atoms with van der Waals surface area (Å²) in [4.78, 5) is 24.7. The van der Waals surface area contributed by atoms with E-state index in [4.69, 9.17) is 39.9 Å². The Labute approximate surface area is 140 Å². The molecule has 2 amide bonds. The lowest BCUT2D eigenvalue weighted by atomic mass is 10.2. The Bertz CT molecular complexity index is 585. The van der Waals surface area contributed by atoms with Crippen molar-refractivity contribution in [3.05, 3.63) is 27.2 Å². The molecule has 2 N–H and O–H groups in total. The molecule has 21 heavy (non-hydrogen) atoms. The number of nitrogens with one attached hydrogen (secondary N) is 1. The second-order valence-corrected chi connectivity index (χ2v) is 6.67. The molecular formula is C12H11Cl3N2O3S. The molecule has 9 heteroatoms. The van der Waals surface area contributed by atoms with Crippen molar-refractivity contribution in [1.29, 1.82) is 0 Å². The number of rotatable bonds is 2. The van der Waals surface area contributed by atoms with Gasteiger partial charge >= 0.3 is 12.0 Å². The van der Waals surface area contributed by atoms with Crippen molar-refractivity contribution < 1.29 is 14.7 Å². The Hall–Kier alpha value is -0.820. The molecule has 1 aromatic rings. The molecule has 114 valence electrons. The molecule has 1 atom stereocenters. The fourth-order valence-corrected chi connectivity index (χ4v) is 3.49. The number of halogens is 3. The van der Waals surface area contributed by atoms with Crippen LogP contribution in [0.2, 0.25) is 15.1 Å². The van der Waals surface area contributed by atoms with E-state index in [1.54, 1.807) is 0 Å². The average Bonchev–Trinajstić information content (AvgIpc) is 2.44. The number of aliphatic carboxylic acids is 1. The van der Waals surface area contributed by atoms with Gasteiger partial charge in [-0.05, 0) is 12.1 Å². The molecule has 1 saturated heterocycles. The number of hydrogen-bond acceptors (Lipinski definition) is 3. The number of carboxylic acids is 1. The number of carbonyl (C=O) groups excluding carboxylic acids is 1. The summed E-state index contributed by atoms with van der Waals surface area (Å²) < 4.78 is 0. The van der Waals surface area contributed by atoms with E-state index in [1.165, 1.54) is 28.8 Å². The number of carbonyl (C=O) groups is 2. The summed E-state index contributed by atoms with van der Waals surface area (Å²) in [6, 6.07) is 1.47. The molecule has 0 spiro atoms. The molecule has 1 heterocycles. The molecule has 0 aromatic heterocycles. The second kappa shape index (κ2) is 6.96. The molecule has 1 aliphatic rings. The highest BCUT2D eigenvalue weighted by Gasteiger charge is 2.32. The van der Waals surface area contributed by atoms with Crippen LogP contribution in [0.4, 0.5) is 10.5 Å². The van der Waals surface area contributed by atoms with Gasteiger partial charge in [-0.2, -0.15) is 11.8 Å². The number of hydrogen-bond donors (Lipinski definition) is 2. The number of carboxylic acid groups (broad SMARTS) is 1. The van der Waals surface area contributed by atoms with Crippen molar-refractivity contribution in [3.8, 4) is 0 Å². The fourth-order valence-electron chi connectivity index (χ4n) is 1.86. The summed E-state index contributed by atoms with van der Waals surface area (Å²) in [6.45, 7) is 0.354. The first-order valence-electron chi connectivity index (χ1n) is 5.93. The number of anilines is 1. The van der Waals surface area contributed by atoms with Crippen LogP contribution in [0.1, 0.15) is 0 Å². The maximum absolute atomic E-state index is 12.2. The maximum atomic E-state index is 12.2. The summed E-state index contributed by atoms with van der Waals surface area (Å²) in [5.74, 6) is 0.0158. The summed E-state index contributed by atoms with van der Waals surface area (Å²) in [6.07, 6.45) is 0. The van der Waals surface area contributed by atoms with Crippen LogP contribution in [0.25, 0.3) is 0 Å². The zero-order chi connectivity index (χ0) is 15.6. The highest BCUT2D eigenvalue weighted by Crippen LogP contribution is 2.32. The number of nitrogens with zero attached hydrogens (tertiary/aromatic N) is 1. The number of urea groups is 1. The molecule has 5 nitrogen and oxygen atoms in total. The maximum Gasteiger partial charge on any atom is 0.327 e. The minimum Gasteiger partial charge on any atom is -0.480 e. The minimum absolute atomic E-state index is 0.232. The van der Waals surface area contributed by atoms with Crippen LogP contribution in [0.3, 0.4) is 0 Å². The lowest BCUT2D eigenvalue weighted by Crippen LogP contribution is -2.51. The molecule has 2 rings (SSSR count). The summed E-state index contributed by atoms with van der Waals surface area (Å²) in [5, 5.41) is 12.5. The molecule has 0 radical (unpaired) electrons. The van der Waals surface area contributed by atoms with E-state index in [0.29, 0.717) is 23.7 Å². The van der Waals surface area contributed by atoms with E-state index in [9.17, 15) is 9.59 Å². The van der Waals surface area contributed by atoms with Gasteiger partial charge in [-0.3, -0.25) is 0 Å². The molecule has 0 aliphatic carbocycles. The lowest BCUT2D eigenvalue weighted by molar-refractivity contribution is -0.141. The first-order chi connectivity index (χ1) is 9.90. The summed E-state index contributed by atoms with van der Waals surface area (Å²) >= 11 is 19.2. The third-order valence-corrected chi connectivity index (χ3v) is 4.98. The molecule has 1 aliphatic heterocycles. The lowest BCUT2D eigenvalue weighted by Gasteiger charge is -2.32. The van der Waals surface area contributed by atoms with Crippen LogP contribution in [0.15, 0.2) is 12.1 Å². The predicted octanol–water partition coefficient (Wildman–Crippen LogP) is 3.68. The topological polar surface area (TPSA) is 69.6 Å². The van der Waals surface area contributed by atoms with Gasteiger partial charge in [0.15, 0.2) is 0 Å². The van der Waals surface area contributed by atoms with Crippen LogP contribution >= 0.6 is 46.6 Å². The van der Waals surface area contributed by atoms with Crippen molar-refractivity contribution >= 4 is 64.3 Å². The highest BCUT2D eigenvalue weighted by molar-refractivity contribution is 7.99. The van der Waals surface area contributed by atoms with Gasteiger partial charge in [0, 0.05) is 18.1 Å². The van der Waals surface area contributed by atoms with Crippen LogP contribution < -0.4 is 5.32 Å². The Morgan fingerprint density at radius 2 is 1.90 bits per heavy atom. The SMILES string of the molecule is O=C(O)C1CSCCN1C(=O)Nc1cc(Cl)c(Cl)cc1Cl. The van der Waals surface area contributed by atoms with Gasteiger partial charge in [0.25, 0.3) is 0 Å². The van der Waals surface area contributed by atoms with Crippen molar-refractivity contribution in [2.45, 2.75) is 6.04 Å². The smallest absolute Gasteiger partial charge is 0.327 e. The molecular weight excluding hydrogens is 359 g/mol. The molecule has 0 saturated carbocycles. The zero-order valence-electron chi connectivity index (χ0n) is 10.6. The van der Waals surface area contributed by atoms with E-state index >= 15 is 0 Å². The van der Waals surface area contributed by atoms with Crippen molar-refractivity contribution in [3.63, 3.8) is 0 Å². The molecule has 1 fully saturated rings. The van der Waals surface area contributed by atoms with E-state index in [0.717, 1.165) is 0 Å². The van der Waals surface area contributed by atoms with Gasteiger partial charge in [-0.15, -0.1) is 0 Å². The van der Waals surface area contributed by atoms with E-state index < -0.39 is 18.0 Å². The van der Waals surface area contributed by atoms with Crippen LogP contribution in [0, 0.1) is 0 Å². The van der Waals surface area contributed by atoms with Crippen LogP contribution in [-0.4, -0.2) is 46.1 Å². The quantitative estimate of drug-likeness (QED) is 0.780. The molecule has 1 aromatic carbocycles. The standard InChI is InChI=1S/C12H11Cl3N2O3S/c13-6-3-8(15)9(4-7(6)14)16-12(20)17-1-2-21-5-10(17)11(18)19/h3-4,10H,1-2,5H2,(H,16,20)(H,18,19). The van der Waals surface area contributed by atoms with E-state index in [-0.39, 0.29) is 15.1 Å². The summed E-state index contributed by atoms with van der Waals surface area (Å²) in [7, 11) is 0. The van der Waals surface area contributed by atoms with E-state index in [1.807, 2.05) is 0 Å². The minimum atomic E-state index is -1.03. The Kier molecular flexibility index (Phi) is 5.48. The average molecular weight is 370 g/mol. The Balaban J connectivity index is 2.17. The van der Waals surface area contributed by atoms with Crippen molar-refractivity contribution in [1.82, 2.24) is 4.90 Å². The predicted molar refractivity (Wildman–Crippen MR) is 85.9 cm³/mol. The molecule has 1 unspecified atom stereocenters. The molecule has 0 bridgehead atoms. The van der Waals surface area contributed by atoms with Gasteiger partial charge in [0.2, 0.25) is 0 Å². The van der Waals surface area contributed by atoms with Gasteiger partial charge < -0.3 is 15.3 Å². The van der Waals surface area contributed by atoms with Gasteiger partial charge in [-0.25, -0.2) is 9.59 Å². The Morgan fingerprint density at radius 3 is 2.57 bits per heavy atom. The Morgan fingerprint density at radius 1 is 1.24 bits per heavy atom.